The maximum Gasteiger partial charge on any atom is 0.260 e. The van der Waals surface area contributed by atoms with Gasteiger partial charge in [-0.15, -0.1) is 17.9 Å². The number of aromatic nitrogens is 1. The van der Waals surface area contributed by atoms with E-state index in [4.69, 9.17) is 14.2 Å². The van der Waals surface area contributed by atoms with E-state index in [1.54, 1.807) is 23.1 Å². The van der Waals surface area contributed by atoms with E-state index in [1.807, 2.05) is 35.7 Å². The third-order valence-electron chi connectivity index (χ3n) is 4.26. The summed E-state index contributed by atoms with van der Waals surface area (Å²) < 4.78 is 16.1. The molecule has 6 nitrogen and oxygen atoms in total. The molecule has 0 radical (unpaired) electrons. The SMILES string of the molecule is C=CCN(C(=O)c1cc(OC)c(OC)c(OC)c1)c1nc(-c2ccccc2)cs1. The first-order valence-electron chi connectivity index (χ1n) is 8.86. The number of thiazole rings is 1. The molecular formula is C22H22N2O4S. The van der Waals surface area contributed by atoms with Crippen LogP contribution >= 0.6 is 11.3 Å². The van der Waals surface area contributed by atoms with Crippen LogP contribution in [0.15, 0.2) is 60.5 Å². The van der Waals surface area contributed by atoms with Gasteiger partial charge in [0.2, 0.25) is 5.75 Å². The molecule has 0 unspecified atom stereocenters. The Morgan fingerprint density at radius 1 is 1.10 bits per heavy atom. The summed E-state index contributed by atoms with van der Waals surface area (Å²) in [7, 11) is 4.55. The Bertz CT molecular complexity index is 976. The Labute approximate surface area is 174 Å². The van der Waals surface area contributed by atoms with Crippen molar-refractivity contribution in [3.8, 4) is 28.5 Å². The Hall–Kier alpha value is -3.32. The van der Waals surface area contributed by atoms with Crippen molar-refractivity contribution >= 4 is 22.4 Å². The van der Waals surface area contributed by atoms with Crippen molar-refractivity contribution in [3.63, 3.8) is 0 Å². The van der Waals surface area contributed by atoms with Crippen LogP contribution in [0, 0.1) is 0 Å². The molecule has 0 bridgehead atoms. The number of nitrogens with zero attached hydrogens (tertiary/aromatic N) is 2. The fourth-order valence-electron chi connectivity index (χ4n) is 2.87. The number of hydrogen-bond acceptors (Lipinski definition) is 6. The summed E-state index contributed by atoms with van der Waals surface area (Å²) in [5.41, 5.74) is 2.21. The van der Waals surface area contributed by atoms with Crippen LogP contribution in [0.5, 0.6) is 17.2 Å². The number of methoxy groups -OCH3 is 3. The summed E-state index contributed by atoms with van der Waals surface area (Å²) >= 11 is 1.40. The van der Waals surface area contributed by atoms with Gasteiger partial charge in [0.15, 0.2) is 16.6 Å². The van der Waals surface area contributed by atoms with E-state index >= 15 is 0 Å². The standard InChI is InChI=1S/C22H22N2O4S/c1-5-11-24(22-23-17(14-29-22)15-9-7-6-8-10-15)21(25)16-12-18(26-2)20(28-4)19(13-16)27-3/h5-10,12-14H,1,11H2,2-4H3. The Morgan fingerprint density at radius 3 is 2.31 bits per heavy atom. The molecule has 0 saturated carbocycles. The first-order chi connectivity index (χ1) is 14.1. The molecule has 0 atom stereocenters. The summed E-state index contributed by atoms with van der Waals surface area (Å²) in [6.07, 6.45) is 1.67. The Kier molecular flexibility index (Phi) is 6.51. The largest absolute Gasteiger partial charge is 0.493 e. The van der Waals surface area contributed by atoms with Gasteiger partial charge >= 0.3 is 0 Å². The van der Waals surface area contributed by atoms with Crippen LogP contribution in [-0.2, 0) is 0 Å². The number of carbonyl (C=O) groups is 1. The van der Waals surface area contributed by atoms with Crippen molar-refractivity contribution in [3.05, 3.63) is 66.1 Å². The van der Waals surface area contributed by atoms with Crippen molar-refractivity contribution in [2.45, 2.75) is 0 Å². The molecule has 0 N–H and O–H groups in total. The molecule has 2 aromatic carbocycles. The molecule has 1 aromatic heterocycles. The molecular weight excluding hydrogens is 388 g/mol. The van der Waals surface area contributed by atoms with E-state index < -0.39 is 0 Å². The summed E-state index contributed by atoms with van der Waals surface area (Å²) in [5.74, 6) is 1.02. The number of ether oxygens (including phenoxy) is 3. The highest BCUT2D eigenvalue weighted by Gasteiger charge is 2.23. The van der Waals surface area contributed by atoms with Gasteiger partial charge in [-0.3, -0.25) is 9.69 Å². The Balaban J connectivity index is 1.99. The fourth-order valence-corrected chi connectivity index (χ4v) is 3.71. The van der Waals surface area contributed by atoms with Gasteiger partial charge < -0.3 is 14.2 Å². The maximum atomic E-state index is 13.3. The van der Waals surface area contributed by atoms with E-state index in [-0.39, 0.29) is 5.91 Å². The average Bonchev–Trinajstić information content (AvgIpc) is 3.26. The van der Waals surface area contributed by atoms with Crippen molar-refractivity contribution in [1.82, 2.24) is 4.98 Å². The highest BCUT2D eigenvalue weighted by Crippen LogP contribution is 2.39. The molecule has 0 spiro atoms. The normalized spacial score (nSPS) is 10.3. The van der Waals surface area contributed by atoms with Gasteiger partial charge in [0.1, 0.15) is 0 Å². The first kappa shape index (κ1) is 20.4. The molecule has 7 heteroatoms. The van der Waals surface area contributed by atoms with Gasteiger partial charge in [-0.25, -0.2) is 4.98 Å². The summed E-state index contributed by atoms with van der Waals surface area (Å²) in [5, 5.41) is 2.52. The fraction of sp³-hybridized carbons (Fsp3) is 0.182. The molecule has 1 heterocycles. The van der Waals surface area contributed by atoms with Crippen LogP contribution in [0.25, 0.3) is 11.3 Å². The number of amides is 1. The lowest BCUT2D eigenvalue weighted by Gasteiger charge is -2.20. The lowest BCUT2D eigenvalue weighted by Crippen LogP contribution is -2.31. The quantitative estimate of drug-likeness (QED) is 0.505. The second-order valence-corrected chi connectivity index (χ2v) is 6.84. The second kappa shape index (κ2) is 9.25. The molecule has 29 heavy (non-hydrogen) atoms. The van der Waals surface area contributed by atoms with Crippen LogP contribution in [0.2, 0.25) is 0 Å². The minimum absolute atomic E-state index is 0.238. The smallest absolute Gasteiger partial charge is 0.260 e. The molecule has 3 rings (SSSR count). The lowest BCUT2D eigenvalue weighted by molar-refractivity contribution is 0.0989. The molecule has 0 saturated heterocycles. The monoisotopic (exact) mass is 410 g/mol. The number of rotatable bonds is 8. The molecule has 3 aromatic rings. The van der Waals surface area contributed by atoms with E-state index in [0.717, 1.165) is 11.3 Å². The number of benzene rings is 2. The highest BCUT2D eigenvalue weighted by atomic mass is 32.1. The van der Waals surface area contributed by atoms with Crippen LogP contribution in [0.4, 0.5) is 5.13 Å². The van der Waals surface area contributed by atoms with Gasteiger partial charge in [0.25, 0.3) is 5.91 Å². The van der Waals surface area contributed by atoms with Crippen molar-refractivity contribution in [2.24, 2.45) is 0 Å². The van der Waals surface area contributed by atoms with Gasteiger partial charge in [-0.2, -0.15) is 0 Å². The minimum atomic E-state index is -0.238. The molecule has 0 aliphatic rings. The van der Waals surface area contributed by atoms with E-state index in [2.05, 4.69) is 11.6 Å². The zero-order valence-corrected chi connectivity index (χ0v) is 17.4. The van der Waals surface area contributed by atoms with Crippen LogP contribution < -0.4 is 19.1 Å². The van der Waals surface area contributed by atoms with Gasteiger partial charge in [0, 0.05) is 23.1 Å². The topological polar surface area (TPSA) is 60.9 Å². The van der Waals surface area contributed by atoms with E-state index in [9.17, 15) is 4.79 Å². The summed E-state index contributed by atoms with van der Waals surface area (Å²) in [6, 6.07) is 13.1. The predicted molar refractivity (Wildman–Crippen MR) is 116 cm³/mol. The summed E-state index contributed by atoms with van der Waals surface area (Å²) in [4.78, 5) is 19.5. The molecule has 1 amide bonds. The first-order valence-corrected chi connectivity index (χ1v) is 9.74. The van der Waals surface area contributed by atoms with Crippen molar-refractivity contribution in [2.75, 3.05) is 32.8 Å². The lowest BCUT2D eigenvalue weighted by atomic mass is 10.1. The molecule has 0 fully saturated rings. The molecule has 150 valence electrons. The second-order valence-electron chi connectivity index (χ2n) is 6.00. The van der Waals surface area contributed by atoms with Crippen LogP contribution in [0.3, 0.4) is 0 Å². The van der Waals surface area contributed by atoms with Crippen LogP contribution in [-0.4, -0.2) is 38.8 Å². The van der Waals surface area contributed by atoms with Crippen molar-refractivity contribution < 1.29 is 19.0 Å². The molecule has 0 aliphatic heterocycles. The number of carbonyl (C=O) groups excluding carboxylic acids is 1. The van der Waals surface area contributed by atoms with Gasteiger partial charge in [-0.05, 0) is 12.1 Å². The van der Waals surface area contributed by atoms with Gasteiger partial charge in [0.05, 0.1) is 27.0 Å². The number of anilines is 1. The Morgan fingerprint density at radius 2 is 1.76 bits per heavy atom. The zero-order chi connectivity index (χ0) is 20.8. The maximum absolute atomic E-state index is 13.3. The average molecular weight is 410 g/mol. The summed E-state index contributed by atoms with van der Waals surface area (Å²) in [6.45, 7) is 4.09. The predicted octanol–water partition coefficient (Wildman–Crippen LogP) is 4.67. The van der Waals surface area contributed by atoms with Crippen molar-refractivity contribution in [1.29, 1.82) is 0 Å². The van der Waals surface area contributed by atoms with E-state index in [0.29, 0.717) is 34.5 Å². The third kappa shape index (κ3) is 4.25. The van der Waals surface area contributed by atoms with E-state index in [1.165, 1.54) is 32.7 Å². The minimum Gasteiger partial charge on any atom is -0.493 e. The molecule has 0 aliphatic carbocycles. The zero-order valence-electron chi connectivity index (χ0n) is 16.5. The third-order valence-corrected chi connectivity index (χ3v) is 5.12. The van der Waals surface area contributed by atoms with Crippen LogP contribution in [0.1, 0.15) is 10.4 Å². The highest BCUT2D eigenvalue weighted by molar-refractivity contribution is 7.14. The number of hydrogen-bond donors (Lipinski definition) is 0. The van der Waals surface area contributed by atoms with Gasteiger partial charge in [-0.1, -0.05) is 36.4 Å².